The predicted molar refractivity (Wildman–Crippen MR) is 106 cm³/mol. The lowest BCUT2D eigenvalue weighted by Crippen LogP contribution is -1.91. The number of halogens is 1. The van der Waals surface area contributed by atoms with Crippen molar-refractivity contribution in [3.8, 4) is 0 Å². The van der Waals surface area contributed by atoms with Crippen molar-refractivity contribution in [1.29, 1.82) is 0 Å². The number of thiophene rings is 1. The van der Waals surface area contributed by atoms with Crippen LogP contribution in [0.3, 0.4) is 0 Å². The zero-order valence-corrected chi connectivity index (χ0v) is 17.2. The third kappa shape index (κ3) is 9.35. The summed E-state index contributed by atoms with van der Waals surface area (Å²) in [5.41, 5.74) is 1.63. The van der Waals surface area contributed by atoms with Crippen molar-refractivity contribution < 1.29 is 0 Å². The van der Waals surface area contributed by atoms with Gasteiger partial charge in [0, 0.05) is 4.88 Å². The van der Waals surface area contributed by atoms with Crippen LogP contribution < -0.4 is 0 Å². The molecule has 0 saturated carbocycles. The summed E-state index contributed by atoms with van der Waals surface area (Å²) in [4.78, 5) is 1.65. The van der Waals surface area contributed by atoms with Crippen LogP contribution in [0, 0.1) is 0 Å². The lowest BCUT2D eigenvalue weighted by molar-refractivity contribution is 0.601. The highest BCUT2D eigenvalue weighted by Crippen LogP contribution is 2.30. The zero-order chi connectivity index (χ0) is 16.0. The van der Waals surface area contributed by atoms with E-state index in [9.17, 15) is 0 Å². The van der Waals surface area contributed by atoms with Crippen LogP contribution in [-0.4, -0.2) is 0 Å². The molecular weight excluding hydrogens is 352 g/mol. The standard InChI is InChI=1S/C20H35BrS/c1-3-5-7-9-11-13-15-18-17-20(21)22-19(18)16-14-12-10-8-6-4-2/h17H,3-16H2,1-2H3. The molecule has 0 N–H and O–H groups in total. The molecule has 1 aromatic heterocycles. The summed E-state index contributed by atoms with van der Waals surface area (Å²) < 4.78 is 1.33. The molecule has 0 saturated heterocycles. The van der Waals surface area contributed by atoms with Gasteiger partial charge in [0.05, 0.1) is 3.79 Å². The Morgan fingerprint density at radius 3 is 1.82 bits per heavy atom. The summed E-state index contributed by atoms with van der Waals surface area (Å²) in [6.07, 6.45) is 19.4. The topological polar surface area (TPSA) is 0 Å². The van der Waals surface area contributed by atoms with Crippen LogP contribution in [0.4, 0.5) is 0 Å². The molecule has 0 radical (unpaired) electrons. The molecule has 0 fully saturated rings. The van der Waals surface area contributed by atoms with E-state index in [0.717, 1.165) is 0 Å². The molecule has 1 heterocycles. The van der Waals surface area contributed by atoms with Crippen LogP contribution in [0.25, 0.3) is 0 Å². The van der Waals surface area contributed by atoms with E-state index in [0.29, 0.717) is 0 Å². The molecule has 0 amide bonds. The van der Waals surface area contributed by atoms with E-state index in [-0.39, 0.29) is 0 Å². The lowest BCUT2D eigenvalue weighted by atomic mass is 10.0. The van der Waals surface area contributed by atoms with Gasteiger partial charge in [-0.1, -0.05) is 78.1 Å². The van der Waals surface area contributed by atoms with Gasteiger partial charge in [0.1, 0.15) is 0 Å². The fourth-order valence-electron chi connectivity index (χ4n) is 3.02. The van der Waals surface area contributed by atoms with E-state index >= 15 is 0 Å². The Balaban J connectivity index is 2.20. The summed E-state index contributed by atoms with van der Waals surface area (Å²) >= 11 is 5.66. The molecule has 0 nitrogen and oxygen atoms in total. The van der Waals surface area contributed by atoms with Crippen molar-refractivity contribution in [2.75, 3.05) is 0 Å². The molecule has 0 bridgehead atoms. The number of unbranched alkanes of at least 4 members (excludes halogenated alkanes) is 10. The number of hydrogen-bond acceptors (Lipinski definition) is 1. The van der Waals surface area contributed by atoms with Gasteiger partial charge in [-0.05, 0) is 53.2 Å². The van der Waals surface area contributed by atoms with Gasteiger partial charge in [-0.3, -0.25) is 0 Å². The largest absolute Gasteiger partial charge is 0.133 e. The highest BCUT2D eigenvalue weighted by molar-refractivity contribution is 9.11. The molecule has 0 unspecified atom stereocenters. The highest BCUT2D eigenvalue weighted by atomic mass is 79.9. The van der Waals surface area contributed by atoms with E-state index in [4.69, 9.17) is 0 Å². The fourth-order valence-corrected chi connectivity index (χ4v) is 4.85. The van der Waals surface area contributed by atoms with Crippen molar-refractivity contribution in [3.63, 3.8) is 0 Å². The van der Waals surface area contributed by atoms with Crippen LogP contribution in [0.2, 0.25) is 0 Å². The van der Waals surface area contributed by atoms with Gasteiger partial charge in [-0.15, -0.1) is 11.3 Å². The first-order chi connectivity index (χ1) is 10.8. The first-order valence-corrected chi connectivity index (χ1v) is 11.2. The zero-order valence-electron chi connectivity index (χ0n) is 14.8. The van der Waals surface area contributed by atoms with Crippen molar-refractivity contribution in [1.82, 2.24) is 0 Å². The summed E-state index contributed by atoms with van der Waals surface area (Å²) in [7, 11) is 0. The van der Waals surface area contributed by atoms with E-state index < -0.39 is 0 Å². The van der Waals surface area contributed by atoms with E-state index in [1.165, 1.54) is 93.7 Å². The van der Waals surface area contributed by atoms with Gasteiger partial charge < -0.3 is 0 Å². The first-order valence-electron chi connectivity index (χ1n) is 9.55. The van der Waals surface area contributed by atoms with Gasteiger partial charge in [-0.25, -0.2) is 0 Å². The molecule has 2 heteroatoms. The van der Waals surface area contributed by atoms with Crippen LogP contribution in [0.1, 0.15) is 101 Å². The van der Waals surface area contributed by atoms with Gasteiger partial charge in [0.25, 0.3) is 0 Å². The van der Waals surface area contributed by atoms with Crippen LogP contribution in [-0.2, 0) is 12.8 Å². The maximum atomic E-state index is 3.69. The second-order valence-electron chi connectivity index (χ2n) is 6.53. The Hall–Kier alpha value is 0.180. The second-order valence-corrected chi connectivity index (χ2v) is 9.05. The average molecular weight is 387 g/mol. The molecule has 0 atom stereocenters. The Kier molecular flexibility index (Phi) is 12.5. The lowest BCUT2D eigenvalue weighted by Gasteiger charge is -2.05. The smallest absolute Gasteiger partial charge is 0.0704 e. The summed E-state index contributed by atoms with van der Waals surface area (Å²) in [6.45, 7) is 4.58. The van der Waals surface area contributed by atoms with Gasteiger partial charge >= 0.3 is 0 Å². The monoisotopic (exact) mass is 386 g/mol. The minimum absolute atomic E-state index is 1.29. The van der Waals surface area contributed by atoms with Crippen molar-refractivity contribution >= 4 is 27.3 Å². The molecule has 0 spiro atoms. The predicted octanol–water partition coefficient (Wildman–Crippen LogP) is 8.32. The second kappa shape index (κ2) is 13.6. The molecule has 128 valence electrons. The molecule has 0 aliphatic carbocycles. The van der Waals surface area contributed by atoms with Crippen LogP contribution in [0.5, 0.6) is 0 Å². The van der Waals surface area contributed by atoms with Gasteiger partial charge in [0.2, 0.25) is 0 Å². The number of aryl methyl sites for hydroxylation is 2. The summed E-state index contributed by atoms with van der Waals surface area (Å²) in [5, 5.41) is 0. The molecule has 22 heavy (non-hydrogen) atoms. The third-order valence-corrected chi connectivity index (χ3v) is 6.16. The van der Waals surface area contributed by atoms with Crippen molar-refractivity contribution in [3.05, 3.63) is 20.3 Å². The third-order valence-electron chi connectivity index (χ3n) is 4.42. The van der Waals surface area contributed by atoms with E-state index in [2.05, 4.69) is 35.8 Å². The number of rotatable bonds is 14. The molecule has 0 aliphatic rings. The maximum absolute atomic E-state index is 3.69. The molecule has 1 aromatic rings. The van der Waals surface area contributed by atoms with E-state index in [1.807, 2.05) is 11.3 Å². The van der Waals surface area contributed by atoms with Gasteiger partial charge in [0.15, 0.2) is 0 Å². The number of hydrogen-bond donors (Lipinski definition) is 0. The molecule has 0 aromatic carbocycles. The molecule has 0 aliphatic heterocycles. The quantitative estimate of drug-likeness (QED) is 0.282. The summed E-state index contributed by atoms with van der Waals surface area (Å²) in [6, 6.07) is 2.38. The van der Waals surface area contributed by atoms with Crippen LogP contribution in [0.15, 0.2) is 9.85 Å². The Labute approximate surface area is 151 Å². The summed E-state index contributed by atoms with van der Waals surface area (Å²) in [5.74, 6) is 0. The van der Waals surface area contributed by atoms with Crippen molar-refractivity contribution in [2.24, 2.45) is 0 Å². The van der Waals surface area contributed by atoms with Crippen molar-refractivity contribution in [2.45, 2.75) is 104 Å². The fraction of sp³-hybridized carbons (Fsp3) is 0.800. The Morgan fingerprint density at radius 2 is 1.23 bits per heavy atom. The van der Waals surface area contributed by atoms with Crippen LogP contribution >= 0.6 is 27.3 Å². The Bertz CT molecular complexity index is 336. The first kappa shape index (κ1) is 20.2. The molecule has 1 rings (SSSR count). The Morgan fingerprint density at radius 1 is 0.727 bits per heavy atom. The average Bonchev–Trinajstić information content (AvgIpc) is 2.86. The molecular formula is C20H35BrS. The normalized spacial score (nSPS) is 11.2. The SMILES string of the molecule is CCCCCCCCc1cc(Br)sc1CCCCCCCC. The van der Waals surface area contributed by atoms with Gasteiger partial charge in [-0.2, -0.15) is 0 Å². The highest BCUT2D eigenvalue weighted by Gasteiger charge is 2.07. The minimum atomic E-state index is 1.29. The maximum Gasteiger partial charge on any atom is 0.0704 e. The minimum Gasteiger partial charge on any atom is -0.133 e. The van der Waals surface area contributed by atoms with E-state index in [1.54, 1.807) is 10.4 Å².